The van der Waals surface area contributed by atoms with Gasteiger partial charge in [0.05, 0.1) is 23.2 Å². The zero-order valence-corrected chi connectivity index (χ0v) is 19.8. The number of hydrogen-bond donors (Lipinski definition) is 1. The van der Waals surface area contributed by atoms with Crippen LogP contribution in [0.1, 0.15) is 54.8 Å². The Bertz CT molecular complexity index is 1180. The van der Waals surface area contributed by atoms with Gasteiger partial charge in [-0.25, -0.2) is 0 Å². The highest BCUT2D eigenvalue weighted by atomic mass is 35.5. The summed E-state index contributed by atoms with van der Waals surface area (Å²) in [7, 11) is 0. The smallest absolute Gasteiger partial charge is 0.162 e. The first-order chi connectivity index (χ1) is 14.7. The number of benzene rings is 1. The summed E-state index contributed by atoms with van der Waals surface area (Å²) in [5.41, 5.74) is 10.3. The van der Waals surface area contributed by atoms with Gasteiger partial charge in [-0.2, -0.15) is 5.26 Å². The van der Waals surface area contributed by atoms with E-state index in [1.807, 2.05) is 36.1 Å². The molecule has 0 saturated heterocycles. The number of ketones is 1. The van der Waals surface area contributed by atoms with Crippen molar-refractivity contribution in [1.29, 1.82) is 5.26 Å². The Labute approximate surface area is 192 Å². The fourth-order valence-electron chi connectivity index (χ4n) is 4.63. The highest BCUT2D eigenvalue weighted by molar-refractivity contribution is 7.12. The van der Waals surface area contributed by atoms with E-state index < -0.39 is 5.92 Å². The molecule has 2 aromatic rings. The number of nitrogens with two attached hydrogens (primary N) is 1. The number of halogens is 1. The second-order valence-electron chi connectivity index (χ2n) is 9.07. The molecular formula is C25H26ClN3OS. The molecule has 1 aliphatic carbocycles. The summed E-state index contributed by atoms with van der Waals surface area (Å²) in [6.07, 6.45) is 2.07. The van der Waals surface area contributed by atoms with Crippen LogP contribution in [0.25, 0.3) is 0 Å². The number of thiophene rings is 1. The van der Waals surface area contributed by atoms with E-state index in [1.165, 1.54) is 4.88 Å². The van der Waals surface area contributed by atoms with Gasteiger partial charge in [-0.3, -0.25) is 9.69 Å². The number of carbonyl (C=O) groups is 1. The number of Topliss-reactive ketones (excluding diaryl/α,β-unsaturated/α-hetero) is 1. The minimum Gasteiger partial charge on any atom is -0.384 e. The molecule has 2 heterocycles. The van der Waals surface area contributed by atoms with Gasteiger partial charge in [0.1, 0.15) is 5.82 Å². The van der Waals surface area contributed by atoms with Crippen molar-refractivity contribution < 1.29 is 4.79 Å². The van der Waals surface area contributed by atoms with E-state index in [9.17, 15) is 10.1 Å². The van der Waals surface area contributed by atoms with Crippen LogP contribution in [0.3, 0.4) is 0 Å². The van der Waals surface area contributed by atoms with Crippen LogP contribution < -0.4 is 10.6 Å². The molecule has 1 aliphatic heterocycles. The third kappa shape index (κ3) is 3.69. The lowest BCUT2D eigenvalue weighted by molar-refractivity contribution is -0.118. The van der Waals surface area contributed by atoms with Gasteiger partial charge >= 0.3 is 0 Å². The molecule has 160 valence electrons. The van der Waals surface area contributed by atoms with E-state index in [1.54, 1.807) is 11.3 Å². The molecule has 0 bridgehead atoms. The molecule has 0 fully saturated rings. The lowest BCUT2D eigenvalue weighted by atomic mass is 9.69. The molecule has 0 radical (unpaired) electrons. The highest BCUT2D eigenvalue weighted by Crippen LogP contribution is 2.51. The molecule has 4 nitrogen and oxygen atoms in total. The fraction of sp³-hybridized carbons (Fsp3) is 0.360. The van der Waals surface area contributed by atoms with Crippen molar-refractivity contribution in [3.8, 4) is 6.07 Å². The molecule has 1 aromatic carbocycles. The van der Waals surface area contributed by atoms with E-state index >= 15 is 0 Å². The largest absolute Gasteiger partial charge is 0.384 e. The Balaban J connectivity index is 2.01. The fourth-order valence-corrected chi connectivity index (χ4v) is 5.87. The van der Waals surface area contributed by atoms with Gasteiger partial charge in [-0.15, -0.1) is 11.3 Å². The minimum absolute atomic E-state index is 0.0904. The molecule has 1 aromatic heterocycles. The Kier molecular flexibility index (Phi) is 5.49. The lowest BCUT2D eigenvalue weighted by Gasteiger charge is -2.44. The Morgan fingerprint density at radius 3 is 2.68 bits per heavy atom. The second kappa shape index (κ2) is 7.85. The maximum absolute atomic E-state index is 13.5. The average molecular weight is 452 g/mol. The first kappa shape index (κ1) is 21.7. The van der Waals surface area contributed by atoms with Crippen molar-refractivity contribution in [2.24, 2.45) is 11.1 Å². The van der Waals surface area contributed by atoms with Crippen LogP contribution in [-0.4, -0.2) is 5.78 Å². The molecular weight excluding hydrogens is 426 g/mol. The first-order valence-corrected chi connectivity index (χ1v) is 11.7. The van der Waals surface area contributed by atoms with E-state index in [-0.39, 0.29) is 11.2 Å². The number of allylic oxidation sites excluding steroid dienone is 3. The normalized spacial score (nSPS) is 20.7. The predicted molar refractivity (Wildman–Crippen MR) is 127 cm³/mol. The summed E-state index contributed by atoms with van der Waals surface area (Å²) in [4.78, 5) is 17.6. The molecule has 0 amide bonds. The second-order valence-corrected chi connectivity index (χ2v) is 10.7. The Hall–Kier alpha value is -2.55. The van der Waals surface area contributed by atoms with Gasteiger partial charge in [-0.1, -0.05) is 38.4 Å². The summed E-state index contributed by atoms with van der Waals surface area (Å²) in [5, 5.41) is 10.7. The molecule has 2 aliphatic rings. The van der Waals surface area contributed by atoms with Gasteiger partial charge in [0, 0.05) is 32.5 Å². The van der Waals surface area contributed by atoms with Crippen LogP contribution in [0.15, 0.2) is 53.0 Å². The highest BCUT2D eigenvalue weighted by Gasteiger charge is 2.45. The van der Waals surface area contributed by atoms with E-state index in [0.717, 1.165) is 28.2 Å². The third-order valence-corrected chi connectivity index (χ3v) is 7.64. The molecule has 4 rings (SSSR count). The van der Waals surface area contributed by atoms with Gasteiger partial charge in [0.2, 0.25) is 0 Å². The van der Waals surface area contributed by atoms with Gasteiger partial charge < -0.3 is 5.73 Å². The van der Waals surface area contributed by atoms with Crippen molar-refractivity contribution in [3.05, 3.63) is 73.3 Å². The Morgan fingerprint density at radius 2 is 2.03 bits per heavy atom. The van der Waals surface area contributed by atoms with Crippen LogP contribution in [0.2, 0.25) is 5.02 Å². The first-order valence-electron chi connectivity index (χ1n) is 10.5. The van der Waals surface area contributed by atoms with Crippen LogP contribution in [0, 0.1) is 23.7 Å². The zero-order valence-electron chi connectivity index (χ0n) is 18.3. The van der Waals surface area contributed by atoms with Gasteiger partial charge in [0.15, 0.2) is 5.78 Å². The van der Waals surface area contributed by atoms with Crippen molar-refractivity contribution in [2.45, 2.75) is 52.9 Å². The number of aryl methyl sites for hydroxylation is 2. The molecule has 0 saturated carbocycles. The van der Waals surface area contributed by atoms with E-state index in [0.29, 0.717) is 34.8 Å². The van der Waals surface area contributed by atoms with Crippen molar-refractivity contribution in [3.63, 3.8) is 0 Å². The molecule has 1 atom stereocenters. The monoisotopic (exact) mass is 451 g/mol. The summed E-state index contributed by atoms with van der Waals surface area (Å²) >= 11 is 7.98. The SMILES string of the molecule is CCc1ccc(C2C(C#N)=C(N)N(c3cc(Cl)ccc3C)C3=C2C(=O)CC(C)(C)C3)s1. The number of rotatable bonds is 3. The van der Waals surface area contributed by atoms with E-state index in [2.05, 4.69) is 32.9 Å². The van der Waals surface area contributed by atoms with Gasteiger partial charge in [-0.05, 0) is 55.0 Å². The quantitative estimate of drug-likeness (QED) is 0.601. The Morgan fingerprint density at radius 1 is 1.29 bits per heavy atom. The number of hydrogen-bond acceptors (Lipinski definition) is 5. The summed E-state index contributed by atoms with van der Waals surface area (Å²) < 4.78 is 0. The number of carbonyl (C=O) groups excluding carboxylic acids is 1. The zero-order chi connectivity index (χ0) is 22.5. The number of anilines is 1. The maximum atomic E-state index is 13.5. The van der Waals surface area contributed by atoms with Crippen LogP contribution >= 0.6 is 22.9 Å². The summed E-state index contributed by atoms with van der Waals surface area (Å²) in [6.45, 7) is 8.30. The molecule has 6 heteroatoms. The minimum atomic E-state index is -0.412. The topological polar surface area (TPSA) is 70.1 Å². The molecule has 2 N–H and O–H groups in total. The summed E-state index contributed by atoms with van der Waals surface area (Å²) in [5.74, 6) is 0.0610. The van der Waals surface area contributed by atoms with Crippen molar-refractivity contribution in [2.75, 3.05) is 4.90 Å². The molecule has 31 heavy (non-hydrogen) atoms. The number of nitrogens with zero attached hydrogens (tertiary/aromatic N) is 2. The van der Waals surface area contributed by atoms with Crippen molar-refractivity contribution >= 4 is 34.4 Å². The van der Waals surface area contributed by atoms with Crippen molar-refractivity contribution in [1.82, 2.24) is 0 Å². The lowest BCUT2D eigenvalue weighted by Crippen LogP contribution is -2.42. The van der Waals surface area contributed by atoms with Crippen LogP contribution in [0.5, 0.6) is 0 Å². The van der Waals surface area contributed by atoms with E-state index in [4.69, 9.17) is 17.3 Å². The standard InChI is InChI=1S/C25H26ClN3OS/c1-5-16-8-9-21(31-16)22-17(13-27)24(28)29(18-10-15(26)7-6-14(18)2)19-11-25(3,4)12-20(30)23(19)22/h6-10,22H,5,11-12,28H2,1-4H3. The van der Waals surface area contributed by atoms with Gasteiger partial charge in [0.25, 0.3) is 0 Å². The molecule has 0 spiro atoms. The summed E-state index contributed by atoms with van der Waals surface area (Å²) in [6, 6.07) is 12.1. The van der Waals surface area contributed by atoms with Crippen LogP contribution in [0.4, 0.5) is 5.69 Å². The average Bonchev–Trinajstić information content (AvgIpc) is 3.17. The maximum Gasteiger partial charge on any atom is 0.162 e. The molecule has 1 unspecified atom stereocenters. The third-order valence-electron chi connectivity index (χ3n) is 6.11. The predicted octanol–water partition coefficient (Wildman–Crippen LogP) is 6.21. The number of nitriles is 1. The van der Waals surface area contributed by atoms with Crippen LogP contribution in [-0.2, 0) is 11.2 Å².